The molecule has 2 rings (SSSR count). The van der Waals surface area contributed by atoms with Gasteiger partial charge in [-0.2, -0.15) is 5.10 Å². The van der Waals surface area contributed by atoms with Gasteiger partial charge >= 0.3 is 0 Å². The monoisotopic (exact) mass is 426 g/mol. The molecule has 0 spiro atoms. The van der Waals surface area contributed by atoms with Crippen molar-refractivity contribution in [1.29, 1.82) is 0 Å². The van der Waals surface area contributed by atoms with Crippen molar-refractivity contribution in [2.45, 2.75) is 47.0 Å². The summed E-state index contributed by atoms with van der Waals surface area (Å²) in [6.07, 6.45) is 3.61. The van der Waals surface area contributed by atoms with Gasteiger partial charge in [-0.25, -0.2) is 5.43 Å². The summed E-state index contributed by atoms with van der Waals surface area (Å²) in [4.78, 5) is 12.1. The van der Waals surface area contributed by atoms with Crippen LogP contribution >= 0.6 is 0 Å². The molecular weight excluding hydrogens is 392 g/mol. The highest BCUT2D eigenvalue weighted by Crippen LogP contribution is 2.28. The van der Waals surface area contributed by atoms with Crippen LogP contribution in [-0.2, 0) is 11.2 Å². The Morgan fingerprint density at radius 1 is 1.13 bits per heavy atom. The van der Waals surface area contributed by atoms with Crippen LogP contribution in [0.2, 0.25) is 0 Å². The van der Waals surface area contributed by atoms with Gasteiger partial charge in [-0.15, -0.1) is 0 Å². The minimum atomic E-state index is -0.107. The fourth-order valence-corrected chi connectivity index (χ4v) is 3.00. The standard InChI is InChI=1S/C25H34N2O4/c1-6-30-24-15-20(10-13-23(24)31-17-18(2)3)16-26-27-25(28)9-7-8-21-11-12-22(29-5)14-19(21)4/h10-16,18H,6-9,17H2,1-5H3,(H,27,28)/b26-16-. The molecule has 2 aromatic rings. The van der Waals surface area contributed by atoms with Crippen LogP contribution in [0.1, 0.15) is 50.3 Å². The predicted molar refractivity (Wildman–Crippen MR) is 124 cm³/mol. The third-order valence-electron chi connectivity index (χ3n) is 4.64. The van der Waals surface area contributed by atoms with Crippen molar-refractivity contribution >= 4 is 12.1 Å². The first kappa shape index (κ1) is 24.3. The van der Waals surface area contributed by atoms with E-state index in [-0.39, 0.29) is 5.91 Å². The second kappa shape index (κ2) is 12.6. The Balaban J connectivity index is 1.84. The van der Waals surface area contributed by atoms with E-state index in [9.17, 15) is 4.79 Å². The van der Waals surface area contributed by atoms with Crippen LogP contribution in [0.15, 0.2) is 41.5 Å². The summed E-state index contributed by atoms with van der Waals surface area (Å²) in [6.45, 7) is 9.35. The van der Waals surface area contributed by atoms with E-state index in [1.54, 1.807) is 13.3 Å². The number of carbonyl (C=O) groups is 1. The number of ether oxygens (including phenoxy) is 3. The van der Waals surface area contributed by atoms with Crippen LogP contribution in [-0.4, -0.2) is 32.4 Å². The molecule has 168 valence electrons. The number of nitrogens with zero attached hydrogens (tertiary/aromatic N) is 1. The van der Waals surface area contributed by atoms with Crippen molar-refractivity contribution in [2.24, 2.45) is 11.0 Å². The second-order valence-corrected chi connectivity index (χ2v) is 7.78. The number of nitrogens with one attached hydrogen (secondary N) is 1. The molecule has 0 saturated heterocycles. The number of hydrazone groups is 1. The third-order valence-corrected chi connectivity index (χ3v) is 4.64. The molecule has 0 aliphatic carbocycles. The summed E-state index contributed by atoms with van der Waals surface area (Å²) >= 11 is 0. The maximum Gasteiger partial charge on any atom is 0.240 e. The Labute approximate surface area is 185 Å². The molecule has 0 unspecified atom stereocenters. The molecule has 6 nitrogen and oxygen atoms in total. The molecule has 31 heavy (non-hydrogen) atoms. The van der Waals surface area contributed by atoms with Gasteiger partial charge in [-0.05, 0) is 79.6 Å². The van der Waals surface area contributed by atoms with Crippen molar-refractivity contribution in [3.8, 4) is 17.2 Å². The third kappa shape index (κ3) is 8.32. The van der Waals surface area contributed by atoms with E-state index >= 15 is 0 Å². The first-order chi connectivity index (χ1) is 14.9. The maximum atomic E-state index is 12.1. The molecule has 0 atom stereocenters. The SMILES string of the molecule is CCOc1cc(/C=N\NC(=O)CCCc2ccc(OC)cc2C)ccc1OCC(C)C. The van der Waals surface area contributed by atoms with Crippen molar-refractivity contribution in [3.05, 3.63) is 53.1 Å². The lowest BCUT2D eigenvalue weighted by Crippen LogP contribution is -2.17. The first-order valence-corrected chi connectivity index (χ1v) is 10.8. The lowest BCUT2D eigenvalue weighted by Gasteiger charge is -2.13. The van der Waals surface area contributed by atoms with Gasteiger partial charge in [0.1, 0.15) is 5.75 Å². The molecular formula is C25H34N2O4. The van der Waals surface area contributed by atoms with E-state index in [0.717, 1.165) is 24.2 Å². The zero-order chi connectivity index (χ0) is 22.6. The average Bonchev–Trinajstić information content (AvgIpc) is 2.74. The maximum absolute atomic E-state index is 12.1. The van der Waals surface area contributed by atoms with Gasteiger partial charge in [0.05, 0.1) is 26.5 Å². The number of rotatable bonds is 12. The number of hydrogen-bond acceptors (Lipinski definition) is 5. The Morgan fingerprint density at radius 3 is 2.61 bits per heavy atom. The normalized spacial score (nSPS) is 11.0. The van der Waals surface area contributed by atoms with Crippen LogP contribution in [0.3, 0.4) is 0 Å². The zero-order valence-electron chi connectivity index (χ0n) is 19.2. The summed E-state index contributed by atoms with van der Waals surface area (Å²) < 4.78 is 16.7. The van der Waals surface area contributed by atoms with Crippen LogP contribution < -0.4 is 19.6 Å². The van der Waals surface area contributed by atoms with E-state index in [1.807, 2.05) is 37.3 Å². The van der Waals surface area contributed by atoms with Crippen LogP contribution in [0.5, 0.6) is 17.2 Å². The number of carbonyl (C=O) groups excluding carboxylic acids is 1. The zero-order valence-corrected chi connectivity index (χ0v) is 19.2. The Morgan fingerprint density at radius 2 is 1.94 bits per heavy atom. The van der Waals surface area contributed by atoms with Crippen molar-refractivity contribution < 1.29 is 19.0 Å². The van der Waals surface area contributed by atoms with Gasteiger partial charge < -0.3 is 14.2 Å². The lowest BCUT2D eigenvalue weighted by atomic mass is 10.0. The second-order valence-electron chi connectivity index (χ2n) is 7.78. The van der Waals surface area contributed by atoms with Gasteiger partial charge in [-0.3, -0.25) is 4.79 Å². The quantitative estimate of drug-likeness (QED) is 0.387. The van der Waals surface area contributed by atoms with Crippen molar-refractivity contribution in [1.82, 2.24) is 5.43 Å². The van der Waals surface area contributed by atoms with E-state index in [4.69, 9.17) is 14.2 Å². The van der Waals surface area contributed by atoms with Gasteiger partial charge in [0, 0.05) is 6.42 Å². The lowest BCUT2D eigenvalue weighted by molar-refractivity contribution is -0.121. The van der Waals surface area contributed by atoms with Crippen LogP contribution in [0.25, 0.3) is 0 Å². The fourth-order valence-electron chi connectivity index (χ4n) is 3.00. The molecule has 0 aliphatic heterocycles. The van der Waals surface area contributed by atoms with E-state index in [1.165, 1.54) is 11.1 Å². The highest BCUT2D eigenvalue weighted by molar-refractivity contribution is 5.83. The van der Waals surface area contributed by atoms with E-state index < -0.39 is 0 Å². The van der Waals surface area contributed by atoms with Crippen molar-refractivity contribution in [3.63, 3.8) is 0 Å². The first-order valence-electron chi connectivity index (χ1n) is 10.8. The number of hydrogen-bond donors (Lipinski definition) is 1. The molecule has 0 fully saturated rings. The molecule has 1 amide bonds. The Bertz CT molecular complexity index is 878. The Hall–Kier alpha value is -3.02. The van der Waals surface area contributed by atoms with Crippen molar-refractivity contribution in [2.75, 3.05) is 20.3 Å². The summed E-state index contributed by atoms with van der Waals surface area (Å²) in [5.74, 6) is 2.56. The molecule has 0 radical (unpaired) electrons. The van der Waals surface area contributed by atoms with E-state index in [2.05, 4.69) is 37.4 Å². The topological polar surface area (TPSA) is 69.2 Å². The highest BCUT2D eigenvalue weighted by atomic mass is 16.5. The molecule has 6 heteroatoms. The molecule has 2 aromatic carbocycles. The smallest absolute Gasteiger partial charge is 0.240 e. The number of aryl methyl sites for hydroxylation is 2. The van der Waals surface area contributed by atoms with Gasteiger partial charge in [0.15, 0.2) is 11.5 Å². The molecule has 0 aliphatic rings. The molecule has 1 N–H and O–H groups in total. The minimum absolute atomic E-state index is 0.107. The van der Waals surface area contributed by atoms with E-state index in [0.29, 0.717) is 37.1 Å². The molecule has 0 saturated carbocycles. The van der Waals surface area contributed by atoms with Gasteiger partial charge in [0.2, 0.25) is 5.91 Å². The van der Waals surface area contributed by atoms with Crippen LogP contribution in [0.4, 0.5) is 0 Å². The summed E-state index contributed by atoms with van der Waals surface area (Å²) in [5.41, 5.74) is 5.82. The summed E-state index contributed by atoms with van der Waals surface area (Å²) in [5, 5.41) is 4.08. The van der Waals surface area contributed by atoms with Gasteiger partial charge in [-0.1, -0.05) is 19.9 Å². The molecule has 0 bridgehead atoms. The average molecular weight is 427 g/mol. The van der Waals surface area contributed by atoms with Crippen LogP contribution in [0, 0.1) is 12.8 Å². The largest absolute Gasteiger partial charge is 0.497 e. The minimum Gasteiger partial charge on any atom is -0.497 e. The number of methoxy groups -OCH3 is 1. The number of benzene rings is 2. The summed E-state index contributed by atoms with van der Waals surface area (Å²) in [6, 6.07) is 11.6. The Kier molecular flexibility index (Phi) is 9.88. The predicted octanol–water partition coefficient (Wildman–Crippen LogP) is 4.91. The molecule has 0 aromatic heterocycles. The fraction of sp³-hybridized carbons (Fsp3) is 0.440. The molecule has 0 heterocycles. The highest BCUT2D eigenvalue weighted by Gasteiger charge is 2.07. The summed E-state index contributed by atoms with van der Waals surface area (Å²) in [7, 11) is 1.66. The number of amides is 1. The van der Waals surface area contributed by atoms with Gasteiger partial charge in [0.25, 0.3) is 0 Å².